The Bertz CT molecular complexity index is 671. The minimum absolute atomic E-state index is 0.287. The summed E-state index contributed by atoms with van der Waals surface area (Å²) in [7, 11) is 4.14. The molecule has 2 heterocycles. The Kier molecular flexibility index (Phi) is 3.45. The van der Waals surface area contributed by atoms with Crippen molar-refractivity contribution >= 4 is 22.3 Å². The third-order valence-electron chi connectivity index (χ3n) is 4.40. The molecule has 1 saturated heterocycles. The fourth-order valence-electron chi connectivity index (χ4n) is 3.33. The van der Waals surface area contributed by atoms with Gasteiger partial charge in [-0.05, 0) is 38.2 Å². The van der Waals surface area contributed by atoms with Crippen LogP contribution in [0.15, 0.2) is 24.4 Å². The maximum absolute atomic E-state index is 14.5. The first-order valence-electron chi connectivity index (χ1n) is 7.23. The number of hydrogen-bond acceptors (Lipinski definition) is 4. The largest absolute Gasteiger partial charge is 0.398 e. The number of pyridine rings is 1. The molecule has 1 aromatic carbocycles. The highest BCUT2D eigenvalue weighted by molar-refractivity contribution is 5.99. The molecule has 1 aliphatic heterocycles. The van der Waals surface area contributed by atoms with E-state index in [2.05, 4.69) is 35.8 Å². The van der Waals surface area contributed by atoms with Gasteiger partial charge in [-0.25, -0.2) is 4.39 Å². The fraction of sp³-hybridized carbons (Fsp3) is 0.438. The standard InChI is InChI=1S/C16H21FN4/c1-10-8-21(9-14(10)20(2)3)16-12(17)7-13(18)11-5-4-6-19-15(11)16/h4-7,10,14H,8-9,18H2,1-3H3. The first kappa shape index (κ1) is 14.1. The quantitative estimate of drug-likeness (QED) is 0.862. The molecule has 0 radical (unpaired) electrons. The monoisotopic (exact) mass is 288 g/mol. The third-order valence-corrected chi connectivity index (χ3v) is 4.40. The third kappa shape index (κ3) is 2.31. The number of rotatable bonds is 2. The number of likely N-dealkylation sites (N-methyl/N-ethyl adjacent to an activating group) is 1. The van der Waals surface area contributed by atoms with Crippen LogP contribution in [0, 0.1) is 11.7 Å². The Morgan fingerprint density at radius 1 is 1.38 bits per heavy atom. The van der Waals surface area contributed by atoms with Crippen LogP contribution in [0.1, 0.15) is 6.92 Å². The zero-order valence-electron chi connectivity index (χ0n) is 12.7. The molecule has 4 nitrogen and oxygen atoms in total. The number of halogens is 1. The van der Waals surface area contributed by atoms with Crippen LogP contribution in [0.2, 0.25) is 0 Å². The van der Waals surface area contributed by atoms with Gasteiger partial charge in [-0.3, -0.25) is 4.98 Å². The highest BCUT2D eigenvalue weighted by atomic mass is 19.1. The van der Waals surface area contributed by atoms with Crippen LogP contribution in [-0.4, -0.2) is 43.1 Å². The lowest BCUT2D eigenvalue weighted by atomic mass is 10.1. The van der Waals surface area contributed by atoms with E-state index in [-0.39, 0.29) is 5.82 Å². The van der Waals surface area contributed by atoms with Gasteiger partial charge in [-0.2, -0.15) is 0 Å². The first-order valence-corrected chi connectivity index (χ1v) is 7.23. The van der Waals surface area contributed by atoms with E-state index in [1.165, 1.54) is 6.07 Å². The van der Waals surface area contributed by atoms with Crippen LogP contribution >= 0.6 is 0 Å². The average molecular weight is 288 g/mol. The van der Waals surface area contributed by atoms with E-state index in [4.69, 9.17) is 5.73 Å². The zero-order chi connectivity index (χ0) is 15.1. The minimum Gasteiger partial charge on any atom is -0.398 e. The number of benzene rings is 1. The number of hydrogen-bond donors (Lipinski definition) is 1. The summed E-state index contributed by atoms with van der Waals surface area (Å²) in [5.41, 5.74) is 7.60. The Morgan fingerprint density at radius 3 is 2.81 bits per heavy atom. The molecule has 0 aliphatic carbocycles. The van der Waals surface area contributed by atoms with E-state index in [9.17, 15) is 4.39 Å². The van der Waals surface area contributed by atoms with Crippen molar-refractivity contribution in [2.45, 2.75) is 13.0 Å². The second-order valence-electron chi connectivity index (χ2n) is 6.11. The molecular formula is C16H21FN4. The summed E-state index contributed by atoms with van der Waals surface area (Å²) in [6.07, 6.45) is 1.69. The number of nitrogen functional groups attached to an aromatic ring is 1. The fourth-order valence-corrected chi connectivity index (χ4v) is 3.33. The van der Waals surface area contributed by atoms with E-state index in [0.29, 0.717) is 28.9 Å². The summed E-state index contributed by atoms with van der Waals surface area (Å²) in [4.78, 5) is 8.67. The molecule has 2 aromatic rings. The van der Waals surface area contributed by atoms with Crippen molar-refractivity contribution in [1.29, 1.82) is 0 Å². The Balaban J connectivity index is 2.09. The van der Waals surface area contributed by atoms with Crippen LogP contribution in [0.3, 0.4) is 0 Å². The Labute approximate surface area is 124 Å². The van der Waals surface area contributed by atoms with Crippen molar-refractivity contribution in [3.63, 3.8) is 0 Å². The Morgan fingerprint density at radius 2 is 2.14 bits per heavy atom. The molecule has 0 bridgehead atoms. The van der Waals surface area contributed by atoms with Crippen LogP contribution in [0.25, 0.3) is 10.9 Å². The van der Waals surface area contributed by atoms with Crippen LogP contribution < -0.4 is 10.6 Å². The summed E-state index contributed by atoms with van der Waals surface area (Å²) in [6.45, 7) is 3.84. The second-order valence-corrected chi connectivity index (χ2v) is 6.11. The molecule has 2 atom stereocenters. The van der Waals surface area contributed by atoms with Gasteiger partial charge < -0.3 is 15.5 Å². The van der Waals surface area contributed by atoms with Crippen molar-refractivity contribution in [3.8, 4) is 0 Å². The molecule has 1 aliphatic rings. The van der Waals surface area contributed by atoms with Gasteiger partial charge in [0.15, 0.2) is 5.82 Å². The maximum atomic E-state index is 14.5. The lowest BCUT2D eigenvalue weighted by Gasteiger charge is -2.24. The van der Waals surface area contributed by atoms with Gasteiger partial charge in [0.1, 0.15) is 0 Å². The summed E-state index contributed by atoms with van der Waals surface area (Å²) >= 11 is 0. The van der Waals surface area contributed by atoms with Gasteiger partial charge in [0.2, 0.25) is 0 Å². The van der Waals surface area contributed by atoms with E-state index >= 15 is 0 Å². The lowest BCUT2D eigenvalue weighted by Crippen LogP contribution is -2.34. The van der Waals surface area contributed by atoms with E-state index in [1.54, 1.807) is 6.20 Å². The molecule has 2 unspecified atom stereocenters. The van der Waals surface area contributed by atoms with Crippen molar-refractivity contribution in [2.24, 2.45) is 5.92 Å². The molecule has 21 heavy (non-hydrogen) atoms. The number of aromatic nitrogens is 1. The molecule has 0 saturated carbocycles. The van der Waals surface area contributed by atoms with Crippen molar-refractivity contribution in [1.82, 2.24) is 9.88 Å². The van der Waals surface area contributed by atoms with Gasteiger partial charge in [-0.1, -0.05) is 6.92 Å². The highest BCUT2D eigenvalue weighted by Gasteiger charge is 2.33. The second kappa shape index (κ2) is 5.15. The lowest BCUT2D eigenvalue weighted by molar-refractivity contribution is 0.266. The van der Waals surface area contributed by atoms with Gasteiger partial charge in [-0.15, -0.1) is 0 Å². The molecule has 1 fully saturated rings. The highest BCUT2D eigenvalue weighted by Crippen LogP contribution is 2.35. The van der Waals surface area contributed by atoms with E-state index in [1.807, 2.05) is 12.1 Å². The SMILES string of the molecule is CC1CN(c2c(F)cc(N)c3cccnc23)CC1N(C)C. The average Bonchev–Trinajstić information content (AvgIpc) is 2.81. The number of anilines is 2. The minimum atomic E-state index is -0.287. The van der Waals surface area contributed by atoms with Crippen LogP contribution in [0.5, 0.6) is 0 Å². The van der Waals surface area contributed by atoms with E-state index < -0.39 is 0 Å². The molecule has 112 valence electrons. The molecule has 0 spiro atoms. The molecule has 3 rings (SSSR count). The Hall–Kier alpha value is -1.88. The summed E-state index contributed by atoms with van der Waals surface area (Å²) in [6, 6.07) is 5.55. The van der Waals surface area contributed by atoms with Gasteiger partial charge in [0.25, 0.3) is 0 Å². The van der Waals surface area contributed by atoms with Crippen LogP contribution in [0.4, 0.5) is 15.8 Å². The van der Waals surface area contributed by atoms with Crippen LogP contribution in [-0.2, 0) is 0 Å². The molecular weight excluding hydrogens is 267 g/mol. The molecule has 2 N–H and O–H groups in total. The molecule has 1 aromatic heterocycles. The van der Waals surface area contributed by atoms with Crippen molar-refractivity contribution in [3.05, 3.63) is 30.2 Å². The number of fused-ring (bicyclic) bond motifs is 1. The van der Waals surface area contributed by atoms with Crippen molar-refractivity contribution in [2.75, 3.05) is 37.8 Å². The van der Waals surface area contributed by atoms with Gasteiger partial charge in [0, 0.05) is 36.4 Å². The number of nitrogens with two attached hydrogens (primary N) is 1. The zero-order valence-corrected chi connectivity index (χ0v) is 12.7. The molecule has 0 amide bonds. The molecule has 5 heteroatoms. The summed E-state index contributed by atoms with van der Waals surface area (Å²) < 4.78 is 14.5. The summed E-state index contributed by atoms with van der Waals surface area (Å²) in [5, 5.41) is 0.815. The predicted octanol–water partition coefficient (Wildman–Crippen LogP) is 2.34. The number of nitrogens with zero attached hydrogens (tertiary/aromatic N) is 3. The maximum Gasteiger partial charge on any atom is 0.150 e. The normalized spacial score (nSPS) is 22.4. The van der Waals surface area contributed by atoms with Gasteiger partial charge >= 0.3 is 0 Å². The first-order chi connectivity index (χ1) is 9.99. The topological polar surface area (TPSA) is 45.4 Å². The predicted molar refractivity (Wildman–Crippen MR) is 85.0 cm³/mol. The van der Waals surface area contributed by atoms with Gasteiger partial charge in [0.05, 0.1) is 11.2 Å². The van der Waals surface area contributed by atoms with E-state index in [0.717, 1.165) is 18.5 Å². The smallest absolute Gasteiger partial charge is 0.150 e. The summed E-state index contributed by atoms with van der Waals surface area (Å²) in [5.74, 6) is 0.195. The van der Waals surface area contributed by atoms with Crippen molar-refractivity contribution < 1.29 is 4.39 Å².